The predicted octanol–water partition coefficient (Wildman–Crippen LogP) is 2.07. The summed E-state index contributed by atoms with van der Waals surface area (Å²) in [7, 11) is 9.09. The zero-order valence-electron chi connectivity index (χ0n) is 15.7. The molecular weight excluding hydrogens is 272 g/mol. The Kier molecular flexibility index (Phi) is 11.1. The van der Waals surface area contributed by atoms with Crippen molar-refractivity contribution in [1.29, 1.82) is 0 Å². The summed E-state index contributed by atoms with van der Waals surface area (Å²) in [5, 5.41) is 0. The second-order valence-electron chi connectivity index (χ2n) is 7.33. The summed E-state index contributed by atoms with van der Waals surface area (Å²) >= 11 is 0. The molecule has 0 N–H and O–H groups in total. The second kappa shape index (κ2) is 12.3. The van der Waals surface area contributed by atoms with E-state index in [0.717, 1.165) is 0 Å². The molecule has 0 spiro atoms. The van der Waals surface area contributed by atoms with E-state index in [1.807, 2.05) is 0 Å². The van der Waals surface area contributed by atoms with E-state index in [9.17, 15) is 0 Å². The molecule has 4 heteroatoms. The monoisotopic (exact) mass is 312 g/mol. The van der Waals surface area contributed by atoms with Crippen LogP contribution in [0.1, 0.15) is 38.5 Å². The summed E-state index contributed by atoms with van der Waals surface area (Å²) < 4.78 is 0. The molecule has 4 nitrogen and oxygen atoms in total. The zero-order valence-corrected chi connectivity index (χ0v) is 15.7. The first kappa shape index (κ1) is 19.9. The molecule has 132 valence electrons. The lowest BCUT2D eigenvalue weighted by Crippen LogP contribution is -2.32. The van der Waals surface area contributed by atoms with Gasteiger partial charge in [-0.15, -0.1) is 0 Å². The predicted molar refractivity (Wildman–Crippen MR) is 97.7 cm³/mol. The highest BCUT2D eigenvalue weighted by molar-refractivity contribution is 4.61. The first-order valence-corrected chi connectivity index (χ1v) is 9.32. The highest BCUT2D eigenvalue weighted by Crippen LogP contribution is 2.02. The first-order chi connectivity index (χ1) is 10.6. The first-order valence-electron chi connectivity index (χ1n) is 9.32. The number of likely N-dealkylation sites (N-methyl/N-ethyl adjacent to an activating group) is 2. The van der Waals surface area contributed by atoms with Crippen LogP contribution in [0.4, 0.5) is 0 Å². The molecule has 1 rings (SSSR count). The lowest BCUT2D eigenvalue weighted by molar-refractivity contribution is 0.235. The Morgan fingerprint density at radius 1 is 0.318 bits per heavy atom. The van der Waals surface area contributed by atoms with Gasteiger partial charge in [-0.1, -0.05) is 0 Å². The second-order valence-corrected chi connectivity index (χ2v) is 7.33. The van der Waals surface area contributed by atoms with Gasteiger partial charge < -0.3 is 19.6 Å². The van der Waals surface area contributed by atoms with Gasteiger partial charge in [0.15, 0.2) is 0 Å². The summed E-state index contributed by atoms with van der Waals surface area (Å²) in [4.78, 5) is 10.0. The quantitative estimate of drug-likeness (QED) is 0.679. The van der Waals surface area contributed by atoms with Crippen LogP contribution in [0.25, 0.3) is 0 Å². The normalized spacial score (nSPS) is 25.6. The largest absolute Gasteiger partial charge is 0.306 e. The van der Waals surface area contributed by atoms with E-state index in [0.29, 0.717) is 0 Å². The molecule has 0 amide bonds. The molecule has 1 aliphatic rings. The molecule has 1 heterocycles. The van der Waals surface area contributed by atoms with Gasteiger partial charge in [-0.25, -0.2) is 0 Å². The van der Waals surface area contributed by atoms with E-state index >= 15 is 0 Å². The minimum absolute atomic E-state index is 1.20. The van der Waals surface area contributed by atoms with E-state index in [1.165, 1.54) is 90.9 Å². The van der Waals surface area contributed by atoms with Crippen molar-refractivity contribution in [3.8, 4) is 0 Å². The molecule has 0 radical (unpaired) electrons. The van der Waals surface area contributed by atoms with Gasteiger partial charge in [-0.05, 0) is 106 Å². The van der Waals surface area contributed by atoms with E-state index in [4.69, 9.17) is 0 Å². The van der Waals surface area contributed by atoms with Crippen molar-refractivity contribution in [1.82, 2.24) is 19.6 Å². The minimum Gasteiger partial charge on any atom is -0.306 e. The van der Waals surface area contributed by atoms with Crippen molar-refractivity contribution >= 4 is 0 Å². The highest BCUT2D eigenvalue weighted by atomic mass is 15.2. The Balaban J connectivity index is 2.32. The van der Waals surface area contributed by atoms with Crippen LogP contribution in [-0.2, 0) is 0 Å². The summed E-state index contributed by atoms with van der Waals surface area (Å²) in [6.45, 7) is 9.91. The molecule has 0 aromatic heterocycles. The fourth-order valence-corrected chi connectivity index (χ4v) is 3.08. The number of hydrogen-bond donors (Lipinski definition) is 0. The highest BCUT2D eigenvalue weighted by Gasteiger charge is 2.05. The Morgan fingerprint density at radius 2 is 0.500 bits per heavy atom. The van der Waals surface area contributed by atoms with E-state index in [1.54, 1.807) is 0 Å². The summed E-state index contributed by atoms with van der Waals surface area (Å²) in [6, 6.07) is 0. The van der Waals surface area contributed by atoms with Crippen molar-refractivity contribution in [2.45, 2.75) is 38.5 Å². The molecule has 0 bridgehead atoms. The van der Waals surface area contributed by atoms with Crippen LogP contribution in [0.2, 0.25) is 0 Å². The van der Waals surface area contributed by atoms with E-state index in [2.05, 4.69) is 47.8 Å². The van der Waals surface area contributed by atoms with Crippen LogP contribution < -0.4 is 0 Å². The molecule has 0 aliphatic carbocycles. The zero-order chi connectivity index (χ0) is 16.2. The minimum atomic E-state index is 1.20. The molecule has 0 aromatic carbocycles. The van der Waals surface area contributed by atoms with Gasteiger partial charge in [0.1, 0.15) is 0 Å². The van der Waals surface area contributed by atoms with Crippen LogP contribution in [-0.4, -0.2) is 100 Å². The third-order valence-corrected chi connectivity index (χ3v) is 4.85. The SMILES string of the molecule is CN1CCCCN(C)CCCCN(C)CCN(C)CCCC1. The van der Waals surface area contributed by atoms with Crippen molar-refractivity contribution in [3.05, 3.63) is 0 Å². The summed E-state index contributed by atoms with van der Waals surface area (Å²) in [5.74, 6) is 0. The Morgan fingerprint density at radius 3 is 0.727 bits per heavy atom. The van der Waals surface area contributed by atoms with Gasteiger partial charge in [-0.2, -0.15) is 0 Å². The standard InChI is InChI=1S/C18H40N4/c1-19-11-5-6-12-20(2)14-8-10-16-22(4)18-17-21(3)15-9-7-13-19/h5-18H2,1-4H3. The van der Waals surface area contributed by atoms with Crippen molar-refractivity contribution < 1.29 is 0 Å². The van der Waals surface area contributed by atoms with Crippen molar-refractivity contribution in [2.75, 3.05) is 80.5 Å². The maximum Gasteiger partial charge on any atom is 0.0106 e. The van der Waals surface area contributed by atoms with Crippen LogP contribution >= 0.6 is 0 Å². The van der Waals surface area contributed by atoms with Crippen LogP contribution in [0.5, 0.6) is 0 Å². The number of nitrogens with zero attached hydrogens (tertiary/aromatic N) is 4. The van der Waals surface area contributed by atoms with Crippen LogP contribution in [0.3, 0.4) is 0 Å². The van der Waals surface area contributed by atoms with E-state index < -0.39 is 0 Å². The van der Waals surface area contributed by atoms with E-state index in [-0.39, 0.29) is 0 Å². The molecule has 0 aromatic rings. The van der Waals surface area contributed by atoms with Gasteiger partial charge in [0.25, 0.3) is 0 Å². The Labute approximate surface area is 139 Å². The Hall–Kier alpha value is -0.160. The maximum absolute atomic E-state index is 2.51. The number of hydrogen-bond acceptors (Lipinski definition) is 4. The fourth-order valence-electron chi connectivity index (χ4n) is 3.08. The average Bonchev–Trinajstić information content (AvgIpc) is 2.49. The molecule has 22 heavy (non-hydrogen) atoms. The topological polar surface area (TPSA) is 13.0 Å². The lowest BCUT2D eigenvalue weighted by Gasteiger charge is -2.24. The number of rotatable bonds is 0. The smallest absolute Gasteiger partial charge is 0.0106 e. The molecule has 0 atom stereocenters. The van der Waals surface area contributed by atoms with Gasteiger partial charge in [0.05, 0.1) is 0 Å². The average molecular weight is 313 g/mol. The Bertz CT molecular complexity index is 233. The van der Waals surface area contributed by atoms with Crippen molar-refractivity contribution in [3.63, 3.8) is 0 Å². The van der Waals surface area contributed by atoms with Gasteiger partial charge in [0.2, 0.25) is 0 Å². The third-order valence-electron chi connectivity index (χ3n) is 4.85. The molecular formula is C18H40N4. The molecule has 1 fully saturated rings. The van der Waals surface area contributed by atoms with Crippen LogP contribution in [0, 0.1) is 0 Å². The summed E-state index contributed by atoms with van der Waals surface area (Å²) in [5.41, 5.74) is 0. The van der Waals surface area contributed by atoms with Crippen molar-refractivity contribution in [2.24, 2.45) is 0 Å². The van der Waals surface area contributed by atoms with Crippen LogP contribution in [0.15, 0.2) is 0 Å². The third kappa shape index (κ3) is 10.5. The van der Waals surface area contributed by atoms with Gasteiger partial charge in [-0.3, -0.25) is 0 Å². The molecule has 1 aliphatic heterocycles. The van der Waals surface area contributed by atoms with Gasteiger partial charge >= 0.3 is 0 Å². The van der Waals surface area contributed by atoms with Gasteiger partial charge in [0, 0.05) is 13.1 Å². The molecule has 0 unspecified atom stereocenters. The summed E-state index contributed by atoms with van der Waals surface area (Å²) in [6.07, 6.45) is 7.99. The molecule has 1 saturated heterocycles. The lowest BCUT2D eigenvalue weighted by atomic mass is 10.2. The fraction of sp³-hybridized carbons (Fsp3) is 1.00. The maximum atomic E-state index is 2.51. The molecule has 0 saturated carbocycles.